The first-order valence-electron chi connectivity index (χ1n) is 7.41. The number of nitrogens with one attached hydrogen (secondary N) is 1. The molecule has 4 heteroatoms. The molecule has 1 heterocycles. The Morgan fingerprint density at radius 2 is 1.94 bits per heavy atom. The summed E-state index contributed by atoms with van der Waals surface area (Å²) in [4.78, 5) is 4.54. The fourth-order valence-electron chi connectivity index (χ4n) is 2.85. The van der Waals surface area contributed by atoms with Gasteiger partial charge in [0, 0.05) is 12.0 Å². The minimum Gasteiger partial charge on any atom is -0.338 e. The van der Waals surface area contributed by atoms with Crippen LogP contribution < -0.4 is 5.32 Å². The molecule has 2 saturated carbocycles. The Kier molecular flexibility index (Phi) is 3.64. The molecular weight excluding hydrogens is 226 g/mol. The van der Waals surface area contributed by atoms with E-state index in [0.717, 1.165) is 24.2 Å². The predicted molar refractivity (Wildman–Crippen MR) is 69.1 cm³/mol. The van der Waals surface area contributed by atoms with Crippen LogP contribution in [-0.2, 0) is 6.54 Å². The first kappa shape index (κ1) is 12.2. The Morgan fingerprint density at radius 1 is 1.17 bits per heavy atom. The van der Waals surface area contributed by atoms with E-state index >= 15 is 0 Å². The molecule has 100 valence electrons. The van der Waals surface area contributed by atoms with Gasteiger partial charge >= 0.3 is 0 Å². The molecule has 0 saturated heterocycles. The third-order valence-electron chi connectivity index (χ3n) is 4.39. The van der Waals surface area contributed by atoms with Gasteiger partial charge in [-0.15, -0.1) is 0 Å². The van der Waals surface area contributed by atoms with Gasteiger partial charge in [0.15, 0.2) is 5.82 Å². The highest BCUT2D eigenvalue weighted by atomic mass is 16.5. The Hall–Kier alpha value is -0.900. The number of nitrogens with zero attached hydrogens (tertiary/aromatic N) is 2. The lowest BCUT2D eigenvalue weighted by atomic mass is 9.80. The fourth-order valence-corrected chi connectivity index (χ4v) is 2.85. The van der Waals surface area contributed by atoms with E-state index in [1.807, 2.05) is 0 Å². The van der Waals surface area contributed by atoms with Crippen LogP contribution in [0.2, 0.25) is 0 Å². The molecule has 2 fully saturated rings. The van der Waals surface area contributed by atoms with Gasteiger partial charge in [0.2, 0.25) is 5.89 Å². The van der Waals surface area contributed by atoms with Crippen molar-refractivity contribution in [3.8, 4) is 0 Å². The van der Waals surface area contributed by atoms with Crippen molar-refractivity contribution >= 4 is 0 Å². The normalized spacial score (nSPS) is 28.5. The molecule has 2 aliphatic carbocycles. The number of rotatable bonds is 5. The van der Waals surface area contributed by atoms with E-state index in [9.17, 15) is 0 Å². The van der Waals surface area contributed by atoms with Crippen molar-refractivity contribution in [2.75, 3.05) is 0 Å². The van der Waals surface area contributed by atoms with E-state index in [0.29, 0.717) is 12.0 Å². The lowest BCUT2D eigenvalue weighted by Gasteiger charge is -2.25. The van der Waals surface area contributed by atoms with Gasteiger partial charge in [0.1, 0.15) is 0 Å². The summed E-state index contributed by atoms with van der Waals surface area (Å²) in [5, 5.41) is 7.57. The molecule has 1 N–H and O–H groups in total. The van der Waals surface area contributed by atoms with Crippen molar-refractivity contribution in [3.63, 3.8) is 0 Å². The SMILES string of the molecule is CCC1CCC(c2noc(CNC3CC3)n2)CC1. The van der Waals surface area contributed by atoms with Crippen LogP contribution in [0.1, 0.15) is 69.5 Å². The molecule has 0 amide bonds. The van der Waals surface area contributed by atoms with Gasteiger partial charge in [-0.3, -0.25) is 0 Å². The van der Waals surface area contributed by atoms with E-state index in [1.54, 1.807) is 0 Å². The molecular formula is C14H23N3O. The molecule has 1 aromatic heterocycles. The van der Waals surface area contributed by atoms with Crippen LogP contribution in [0, 0.1) is 5.92 Å². The number of aromatic nitrogens is 2. The monoisotopic (exact) mass is 249 g/mol. The average Bonchev–Trinajstić information content (AvgIpc) is 3.14. The van der Waals surface area contributed by atoms with Crippen molar-refractivity contribution in [2.24, 2.45) is 5.92 Å². The summed E-state index contributed by atoms with van der Waals surface area (Å²) in [6, 6.07) is 0.695. The molecule has 3 rings (SSSR count). The Morgan fingerprint density at radius 3 is 2.61 bits per heavy atom. The van der Waals surface area contributed by atoms with Gasteiger partial charge < -0.3 is 9.84 Å². The predicted octanol–water partition coefficient (Wildman–Crippen LogP) is 3.01. The fraction of sp³-hybridized carbons (Fsp3) is 0.857. The molecule has 0 atom stereocenters. The summed E-state index contributed by atoms with van der Waals surface area (Å²) in [7, 11) is 0. The summed E-state index contributed by atoms with van der Waals surface area (Å²) in [6.45, 7) is 3.03. The van der Waals surface area contributed by atoms with Crippen molar-refractivity contribution in [1.29, 1.82) is 0 Å². The maximum Gasteiger partial charge on any atom is 0.240 e. The van der Waals surface area contributed by atoms with E-state index < -0.39 is 0 Å². The third-order valence-corrected chi connectivity index (χ3v) is 4.39. The van der Waals surface area contributed by atoms with Crippen LogP contribution in [0.15, 0.2) is 4.52 Å². The van der Waals surface area contributed by atoms with Gasteiger partial charge in [0.05, 0.1) is 6.54 Å². The maximum absolute atomic E-state index is 5.33. The summed E-state index contributed by atoms with van der Waals surface area (Å²) in [5.74, 6) is 3.15. The molecule has 18 heavy (non-hydrogen) atoms. The smallest absolute Gasteiger partial charge is 0.240 e. The summed E-state index contributed by atoms with van der Waals surface area (Å²) in [6.07, 6.45) is 9.01. The Labute approximate surface area is 109 Å². The molecule has 0 unspecified atom stereocenters. The molecule has 0 aromatic carbocycles. The van der Waals surface area contributed by atoms with E-state index in [1.165, 1.54) is 44.9 Å². The van der Waals surface area contributed by atoms with Crippen LogP contribution in [-0.4, -0.2) is 16.2 Å². The Balaban J connectivity index is 1.52. The quantitative estimate of drug-likeness (QED) is 0.871. The highest BCUT2D eigenvalue weighted by molar-refractivity contribution is 4.98. The van der Waals surface area contributed by atoms with Gasteiger partial charge in [-0.05, 0) is 44.4 Å². The van der Waals surface area contributed by atoms with Crippen molar-refractivity contribution in [1.82, 2.24) is 15.5 Å². The second-order valence-electron chi connectivity index (χ2n) is 5.83. The minimum atomic E-state index is 0.534. The number of hydrogen-bond acceptors (Lipinski definition) is 4. The van der Waals surface area contributed by atoms with Crippen molar-refractivity contribution in [2.45, 2.75) is 70.4 Å². The van der Waals surface area contributed by atoms with E-state index in [4.69, 9.17) is 4.52 Å². The zero-order chi connectivity index (χ0) is 12.4. The van der Waals surface area contributed by atoms with Crippen LogP contribution in [0.3, 0.4) is 0 Å². The van der Waals surface area contributed by atoms with E-state index in [2.05, 4.69) is 22.4 Å². The first-order valence-corrected chi connectivity index (χ1v) is 7.41. The van der Waals surface area contributed by atoms with Crippen LogP contribution in [0.25, 0.3) is 0 Å². The zero-order valence-electron chi connectivity index (χ0n) is 11.2. The van der Waals surface area contributed by atoms with Crippen LogP contribution >= 0.6 is 0 Å². The Bertz CT molecular complexity index is 378. The van der Waals surface area contributed by atoms with Crippen LogP contribution in [0.4, 0.5) is 0 Å². The highest BCUT2D eigenvalue weighted by Crippen LogP contribution is 2.35. The van der Waals surface area contributed by atoms with Gasteiger partial charge in [-0.1, -0.05) is 18.5 Å². The standard InChI is InChI=1S/C14H23N3O/c1-2-10-3-5-11(6-4-10)14-16-13(18-17-14)9-15-12-7-8-12/h10-12,15H,2-9H2,1H3. The second kappa shape index (κ2) is 5.39. The molecule has 2 aliphatic rings. The molecule has 0 radical (unpaired) electrons. The van der Waals surface area contributed by atoms with Gasteiger partial charge in [0.25, 0.3) is 0 Å². The summed E-state index contributed by atoms with van der Waals surface area (Å²) < 4.78 is 5.33. The first-order chi connectivity index (χ1) is 8.85. The van der Waals surface area contributed by atoms with E-state index in [-0.39, 0.29) is 0 Å². The lowest BCUT2D eigenvalue weighted by Crippen LogP contribution is -2.16. The van der Waals surface area contributed by atoms with Gasteiger partial charge in [-0.25, -0.2) is 0 Å². The molecule has 0 aliphatic heterocycles. The maximum atomic E-state index is 5.33. The third kappa shape index (κ3) is 2.91. The molecule has 4 nitrogen and oxygen atoms in total. The lowest BCUT2D eigenvalue weighted by molar-refractivity contribution is 0.302. The zero-order valence-corrected chi connectivity index (χ0v) is 11.2. The number of hydrogen-bond donors (Lipinski definition) is 1. The molecule has 0 spiro atoms. The molecule has 1 aromatic rings. The van der Waals surface area contributed by atoms with Crippen molar-refractivity contribution < 1.29 is 4.52 Å². The highest BCUT2D eigenvalue weighted by Gasteiger charge is 2.26. The van der Waals surface area contributed by atoms with Gasteiger partial charge in [-0.2, -0.15) is 4.98 Å². The minimum absolute atomic E-state index is 0.534. The average molecular weight is 249 g/mol. The largest absolute Gasteiger partial charge is 0.338 e. The summed E-state index contributed by atoms with van der Waals surface area (Å²) in [5.41, 5.74) is 0. The second-order valence-corrected chi connectivity index (χ2v) is 5.83. The molecule has 0 bridgehead atoms. The van der Waals surface area contributed by atoms with Crippen molar-refractivity contribution in [3.05, 3.63) is 11.7 Å². The summed E-state index contributed by atoms with van der Waals surface area (Å²) >= 11 is 0. The van der Waals surface area contributed by atoms with Crippen LogP contribution in [0.5, 0.6) is 0 Å². The topological polar surface area (TPSA) is 51.0 Å².